The summed E-state index contributed by atoms with van der Waals surface area (Å²) in [5.74, 6) is 0.233. The number of piperidine rings is 1. The molecule has 0 bridgehead atoms. The second kappa shape index (κ2) is 5.17. The van der Waals surface area contributed by atoms with Crippen molar-refractivity contribution >= 4 is 6.09 Å². The minimum Gasteiger partial charge on any atom is -0.447 e. The van der Waals surface area contributed by atoms with E-state index in [4.69, 9.17) is 9.84 Å². The number of rotatable bonds is 2. The van der Waals surface area contributed by atoms with Crippen molar-refractivity contribution in [1.82, 2.24) is 4.90 Å². The number of aliphatic hydroxyl groups excluding tert-OH is 2. The van der Waals surface area contributed by atoms with Crippen LogP contribution < -0.4 is 0 Å². The summed E-state index contributed by atoms with van der Waals surface area (Å²) in [5.41, 5.74) is 0. The van der Waals surface area contributed by atoms with Gasteiger partial charge in [0.15, 0.2) is 0 Å². The molecule has 1 rings (SSSR count). The van der Waals surface area contributed by atoms with Gasteiger partial charge in [0.25, 0.3) is 0 Å². The molecule has 1 aliphatic rings. The Labute approximate surface area is 83.3 Å². The van der Waals surface area contributed by atoms with Gasteiger partial charge >= 0.3 is 6.09 Å². The molecule has 0 aromatic carbocycles. The minimum atomic E-state index is -0.467. The van der Waals surface area contributed by atoms with E-state index in [2.05, 4.69) is 0 Å². The highest BCUT2D eigenvalue weighted by Gasteiger charge is 2.27. The summed E-state index contributed by atoms with van der Waals surface area (Å²) in [5, 5.41) is 18.0. The third-order valence-corrected chi connectivity index (χ3v) is 2.49. The molecule has 2 atom stereocenters. The maximum absolute atomic E-state index is 11.3. The molecule has 5 heteroatoms. The summed E-state index contributed by atoms with van der Waals surface area (Å²) in [4.78, 5) is 12.8. The van der Waals surface area contributed by atoms with Gasteiger partial charge in [-0.15, -0.1) is 0 Å². The van der Waals surface area contributed by atoms with Crippen molar-refractivity contribution in [3.8, 4) is 0 Å². The Morgan fingerprint density at radius 2 is 2.36 bits per heavy atom. The molecule has 0 spiro atoms. The molecule has 0 saturated carbocycles. The Balaban J connectivity index is 2.34. The van der Waals surface area contributed by atoms with E-state index in [1.807, 2.05) is 6.92 Å². The molecule has 1 heterocycles. The van der Waals surface area contributed by atoms with Crippen molar-refractivity contribution < 1.29 is 19.7 Å². The van der Waals surface area contributed by atoms with Crippen LogP contribution in [0, 0.1) is 5.92 Å². The molecule has 0 aromatic rings. The zero-order chi connectivity index (χ0) is 10.6. The van der Waals surface area contributed by atoms with Gasteiger partial charge in [0.2, 0.25) is 0 Å². The lowest BCUT2D eigenvalue weighted by Gasteiger charge is -2.33. The number of ether oxygens (including phenoxy) is 1. The van der Waals surface area contributed by atoms with Crippen LogP contribution in [0.25, 0.3) is 0 Å². The van der Waals surface area contributed by atoms with E-state index in [1.54, 1.807) is 0 Å². The maximum Gasteiger partial charge on any atom is 0.409 e. The van der Waals surface area contributed by atoms with Gasteiger partial charge in [0.05, 0.1) is 19.3 Å². The van der Waals surface area contributed by atoms with Gasteiger partial charge in [-0.1, -0.05) is 6.92 Å². The Hall–Kier alpha value is -0.810. The lowest BCUT2D eigenvalue weighted by atomic mass is 9.96. The molecule has 2 N–H and O–H groups in total. The highest BCUT2D eigenvalue weighted by atomic mass is 16.6. The van der Waals surface area contributed by atoms with Gasteiger partial charge < -0.3 is 19.8 Å². The van der Waals surface area contributed by atoms with Crippen molar-refractivity contribution in [3.05, 3.63) is 0 Å². The summed E-state index contributed by atoms with van der Waals surface area (Å²) in [6.45, 7) is 2.74. The Morgan fingerprint density at radius 3 is 2.93 bits per heavy atom. The van der Waals surface area contributed by atoms with E-state index in [1.165, 1.54) is 4.90 Å². The van der Waals surface area contributed by atoms with Crippen molar-refractivity contribution in [1.29, 1.82) is 0 Å². The lowest BCUT2D eigenvalue weighted by Crippen LogP contribution is -2.46. The summed E-state index contributed by atoms with van der Waals surface area (Å²) in [6.07, 6.45) is -0.134. The summed E-state index contributed by atoms with van der Waals surface area (Å²) >= 11 is 0. The average Bonchev–Trinajstić information content (AvgIpc) is 2.18. The molecule has 0 aromatic heterocycles. The first kappa shape index (κ1) is 11.3. The molecular formula is C9H17NO4. The van der Waals surface area contributed by atoms with Crippen LogP contribution in [0.3, 0.4) is 0 Å². The molecule has 2 unspecified atom stereocenters. The van der Waals surface area contributed by atoms with Crippen LogP contribution in [-0.4, -0.2) is 53.6 Å². The lowest BCUT2D eigenvalue weighted by molar-refractivity contribution is 0.0175. The molecule has 1 amide bonds. The SMILES string of the molecule is CC1CCN(C(=O)OCCO)CC1O. The maximum atomic E-state index is 11.3. The van der Waals surface area contributed by atoms with E-state index in [0.717, 1.165) is 6.42 Å². The molecule has 1 aliphatic heterocycles. The van der Waals surface area contributed by atoms with Crippen LogP contribution in [0.2, 0.25) is 0 Å². The second-order valence-corrected chi connectivity index (χ2v) is 3.62. The number of β-amino-alcohol motifs (C(OH)–C–C–N with tert-alkyl or cyclic N) is 1. The number of hydrogen-bond donors (Lipinski definition) is 2. The summed E-state index contributed by atoms with van der Waals surface area (Å²) < 4.78 is 4.74. The normalized spacial score (nSPS) is 27.5. The van der Waals surface area contributed by atoms with Crippen molar-refractivity contribution in [2.24, 2.45) is 5.92 Å². The fraction of sp³-hybridized carbons (Fsp3) is 0.889. The number of amides is 1. The van der Waals surface area contributed by atoms with E-state index < -0.39 is 12.2 Å². The molecule has 1 fully saturated rings. The highest BCUT2D eigenvalue weighted by Crippen LogP contribution is 2.17. The second-order valence-electron chi connectivity index (χ2n) is 3.62. The predicted molar refractivity (Wildman–Crippen MR) is 49.8 cm³/mol. The first-order valence-corrected chi connectivity index (χ1v) is 4.85. The van der Waals surface area contributed by atoms with E-state index in [9.17, 15) is 9.90 Å². The predicted octanol–water partition coefficient (Wildman–Crippen LogP) is -0.182. The van der Waals surface area contributed by atoms with Gasteiger partial charge in [-0.2, -0.15) is 0 Å². The number of carbonyl (C=O) groups is 1. The number of carbonyl (C=O) groups excluding carboxylic acids is 1. The van der Waals surface area contributed by atoms with Gasteiger partial charge in [-0.25, -0.2) is 4.79 Å². The topological polar surface area (TPSA) is 70.0 Å². The van der Waals surface area contributed by atoms with E-state index in [0.29, 0.717) is 13.1 Å². The van der Waals surface area contributed by atoms with Gasteiger partial charge in [-0.05, 0) is 12.3 Å². The fourth-order valence-corrected chi connectivity index (χ4v) is 1.44. The number of hydrogen-bond acceptors (Lipinski definition) is 4. The van der Waals surface area contributed by atoms with Crippen molar-refractivity contribution in [3.63, 3.8) is 0 Å². The van der Waals surface area contributed by atoms with Crippen LogP contribution >= 0.6 is 0 Å². The molecule has 1 saturated heterocycles. The zero-order valence-electron chi connectivity index (χ0n) is 8.35. The summed E-state index contributed by atoms with van der Waals surface area (Å²) in [6, 6.07) is 0. The number of likely N-dealkylation sites (tertiary alicyclic amines) is 1. The molecule has 14 heavy (non-hydrogen) atoms. The smallest absolute Gasteiger partial charge is 0.409 e. The van der Waals surface area contributed by atoms with Gasteiger partial charge in [-0.3, -0.25) is 0 Å². The molecule has 0 aliphatic carbocycles. The standard InChI is InChI=1S/C9H17NO4/c1-7-2-3-10(6-8(7)12)9(13)14-5-4-11/h7-8,11-12H,2-6H2,1H3. The van der Waals surface area contributed by atoms with Crippen LogP contribution in [0.4, 0.5) is 4.79 Å². The van der Waals surface area contributed by atoms with Gasteiger partial charge in [0, 0.05) is 6.54 Å². The fourth-order valence-electron chi connectivity index (χ4n) is 1.44. The van der Waals surface area contributed by atoms with Crippen LogP contribution in [-0.2, 0) is 4.74 Å². The van der Waals surface area contributed by atoms with Crippen LogP contribution in [0.5, 0.6) is 0 Å². The van der Waals surface area contributed by atoms with Crippen molar-refractivity contribution in [2.75, 3.05) is 26.3 Å². The quantitative estimate of drug-likeness (QED) is 0.653. The molecule has 0 radical (unpaired) electrons. The number of aliphatic hydroxyl groups is 2. The third kappa shape index (κ3) is 2.85. The summed E-state index contributed by atoms with van der Waals surface area (Å²) in [7, 11) is 0. The molecular weight excluding hydrogens is 186 g/mol. The third-order valence-electron chi connectivity index (χ3n) is 2.49. The van der Waals surface area contributed by atoms with E-state index in [-0.39, 0.29) is 19.1 Å². The van der Waals surface area contributed by atoms with Crippen molar-refractivity contribution in [2.45, 2.75) is 19.4 Å². The first-order chi connectivity index (χ1) is 6.65. The first-order valence-electron chi connectivity index (χ1n) is 4.85. The monoisotopic (exact) mass is 203 g/mol. The van der Waals surface area contributed by atoms with Crippen LogP contribution in [0.15, 0.2) is 0 Å². The van der Waals surface area contributed by atoms with E-state index >= 15 is 0 Å². The number of nitrogens with zero attached hydrogens (tertiary/aromatic N) is 1. The molecule has 5 nitrogen and oxygen atoms in total. The Bertz CT molecular complexity index is 197. The Morgan fingerprint density at radius 1 is 1.64 bits per heavy atom. The average molecular weight is 203 g/mol. The highest BCUT2D eigenvalue weighted by molar-refractivity contribution is 5.67. The minimum absolute atomic E-state index is 0.0149. The van der Waals surface area contributed by atoms with Crippen LogP contribution in [0.1, 0.15) is 13.3 Å². The van der Waals surface area contributed by atoms with Gasteiger partial charge in [0.1, 0.15) is 6.61 Å². The Kier molecular flexibility index (Phi) is 4.16. The molecule has 82 valence electrons. The zero-order valence-corrected chi connectivity index (χ0v) is 8.35. The largest absolute Gasteiger partial charge is 0.447 e.